The Kier molecular flexibility index (Phi) is 3.26. The molecular weight excluding hydrogens is 278 g/mol. The summed E-state index contributed by atoms with van der Waals surface area (Å²) in [6.07, 6.45) is 0. The van der Waals surface area contributed by atoms with Gasteiger partial charge in [-0.2, -0.15) is 0 Å². The van der Waals surface area contributed by atoms with Crippen LogP contribution in [0.2, 0.25) is 0 Å². The first-order valence-corrected chi connectivity index (χ1v) is 3.71. The van der Waals surface area contributed by atoms with Gasteiger partial charge in [0.2, 0.25) is 0 Å². The summed E-state index contributed by atoms with van der Waals surface area (Å²) in [6, 6.07) is 0. The zero-order valence-electron chi connectivity index (χ0n) is 2.92. The van der Waals surface area contributed by atoms with Gasteiger partial charge in [0.1, 0.15) is 2.14 Å². The van der Waals surface area contributed by atoms with Gasteiger partial charge in [-0.25, -0.2) is 0 Å². The zero-order valence-corrected chi connectivity index (χ0v) is 7.68. The molecule has 0 aliphatic carbocycles. The smallest absolute Gasteiger partial charge is 0.147 e. The van der Waals surface area contributed by atoms with Crippen LogP contribution in [0.15, 0.2) is 0 Å². The Morgan fingerprint density at radius 1 is 1.33 bits per heavy atom. The highest BCUT2D eigenvalue weighted by molar-refractivity contribution is 9.39. The lowest BCUT2D eigenvalue weighted by molar-refractivity contribution is 1.10. The van der Waals surface area contributed by atoms with Crippen molar-refractivity contribution in [3.63, 3.8) is 0 Å². The highest BCUT2D eigenvalue weighted by Crippen LogP contribution is 2.31. The minimum absolute atomic E-state index is 0.243. The van der Waals surface area contributed by atoms with Crippen molar-refractivity contribution in [2.75, 3.05) is 6.54 Å². The highest BCUT2D eigenvalue weighted by Gasteiger charge is 2.12. The predicted octanol–water partition coefficient (Wildman–Crippen LogP) is 1.78. The second-order valence-corrected chi connectivity index (χ2v) is 8.07. The molecule has 2 N–H and O–H groups in total. The summed E-state index contributed by atoms with van der Waals surface area (Å²) in [7, 11) is 0. The van der Waals surface area contributed by atoms with Crippen molar-refractivity contribution >= 4 is 47.8 Å². The third-order valence-electron chi connectivity index (χ3n) is 0.231. The lowest BCUT2D eigenvalue weighted by Crippen LogP contribution is -2.15. The maximum absolute atomic E-state index is 5.16. The van der Waals surface area contributed by atoms with E-state index in [4.69, 9.17) is 5.73 Å². The van der Waals surface area contributed by atoms with E-state index in [2.05, 4.69) is 47.8 Å². The lowest BCUT2D eigenvalue weighted by Gasteiger charge is -2.04. The van der Waals surface area contributed by atoms with Gasteiger partial charge in [0.15, 0.2) is 0 Å². The molecule has 0 aromatic carbocycles. The molecule has 0 radical (unpaired) electrons. The standard InChI is InChI=1S/C2H4Br3N/c3-2(4,5)1-6/h1,6H2. The summed E-state index contributed by atoms with van der Waals surface area (Å²) in [6.45, 7) is 0.521. The highest BCUT2D eigenvalue weighted by atomic mass is 80.0. The third-order valence-corrected chi connectivity index (χ3v) is 1.20. The number of hydrogen-bond donors (Lipinski definition) is 1. The quantitative estimate of drug-likeness (QED) is 0.673. The molecule has 0 heterocycles. The molecule has 0 aromatic heterocycles. The lowest BCUT2D eigenvalue weighted by atomic mass is 10.8. The van der Waals surface area contributed by atoms with Crippen molar-refractivity contribution in [2.45, 2.75) is 2.14 Å². The van der Waals surface area contributed by atoms with Crippen LogP contribution in [0, 0.1) is 0 Å². The molecular formula is C2H4Br3N. The number of hydrogen-bond acceptors (Lipinski definition) is 1. The van der Waals surface area contributed by atoms with Gasteiger partial charge < -0.3 is 5.73 Å². The maximum Gasteiger partial charge on any atom is 0.147 e. The Morgan fingerprint density at radius 2 is 1.50 bits per heavy atom. The first kappa shape index (κ1) is 7.40. The molecule has 38 valence electrons. The number of rotatable bonds is 0. The Bertz CT molecular complexity index is 38.5. The van der Waals surface area contributed by atoms with Gasteiger partial charge in [0.25, 0.3) is 0 Å². The van der Waals surface area contributed by atoms with Crippen molar-refractivity contribution in [1.82, 2.24) is 0 Å². The fraction of sp³-hybridized carbons (Fsp3) is 1.00. The predicted molar refractivity (Wildman–Crippen MR) is 38.6 cm³/mol. The fourth-order valence-corrected chi connectivity index (χ4v) is 0. The summed E-state index contributed by atoms with van der Waals surface area (Å²) in [5.41, 5.74) is 5.16. The van der Waals surface area contributed by atoms with Crippen LogP contribution in [-0.4, -0.2) is 8.69 Å². The average molecular weight is 282 g/mol. The monoisotopic (exact) mass is 279 g/mol. The van der Waals surface area contributed by atoms with Gasteiger partial charge in [-0.15, -0.1) is 0 Å². The van der Waals surface area contributed by atoms with E-state index in [0.717, 1.165) is 0 Å². The summed E-state index contributed by atoms with van der Waals surface area (Å²) in [4.78, 5) is 0. The van der Waals surface area contributed by atoms with Gasteiger partial charge in [-0.05, 0) is 0 Å². The second kappa shape index (κ2) is 2.64. The molecule has 0 bridgehead atoms. The van der Waals surface area contributed by atoms with Crippen LogP contribution in [-0.2, 0) is 0 Å². The van der Waals surface area contributed by atoms with Gasteiger partial charge in [0.05, 0.1) is 0 Å². The molecule has 0 atom stereocenters. The van der Waals surface area contributed by atoms with E-state index >= 15 is 0 Å². The summed E-state index contributed by atoms with van der Waals surface area (Å²) < 4.78 is -0.243. The summed E-state index contributed by atoms with van der Waals surface area (Å²) in [5, 5.41) is 0. The molecule has 6 heavy (non-hydrogen) atoms. The van der Waals surface area contributed by atoms with E-state index in [-0.39, 0.29) is 2.14 Å². The molecule has 1 nitrogen and oxygen atoms in total. The van der Waals surface area contributed by atoms with E-state index < -0.39 is 0 Å². The van der Waals surface area contributed by atoms with Crippen LogP contribution in [0.4, 0.5) is 0 Å². The van der Waals surface area contributed by atoms with E-state index in [0.29, 0.717) is 6.54 Å². The molecule has 0 saturated carbocycles. The van der Waals surface area contributed by atoms with Crippen LogP contribution in [0.5, 0.6) is 0 Å². The van der Waals surface area contributed by atoms with Crippen molar-refractivity contribution in [3.8, 4) is 0 Å². The SMILES string of the molecule is NCC(Br)(Br)Br. The molecule has 0 amide bonds. The van der Waals surface area contributed by atoms with Crippen molar-refractivity contribution in [1.29, 1.82) is 0 Å². The number of nitrogens with two attached hydrogens (primary N) is 1. The van der Waals surface area contributed by atoms with E-state index in [1.807, 2.05) is 0 Å². The van der Waals surface area contributed by atoms with Gasteiger partial charge in [-0.3, -0.25) is 0 Å². The molecule has 0 aliphatic rings. The van der Waals surface area contributed by atoms with Crippen LogP contribution in [0.1, 0.15) is 0 Å². The third kappa shape index (κ3) is 5.40. The first-order chi connectivity index (χ1) is 2.56. The van der Waals surface area contributed by atoms with Crippen LogP contribution in [0.3, 0.4) is 0 Å². The van der Waals surface area contributed by atoms with Gasteiger partial charge in [-0.1, -0.05) is 47.8 Å². The minimum atomic E-state index is -0.243. The molecule has 0 fully saturated rings. The molecule has 4 heteroatoms. The topological polar surface area (TPSA) is 26.0 Å². The van der Waals surface area contributed by atoms with Crippen molar-refractivity contribution < 1.29 is 0 Å². The molecule has 0 saturated heterocycles. The van der Waals surface area contributed by atoms with Gasteiger partial charge >= 0.3 is 0 Å². The summed E-state index contributed by atoms with van der Waals surface area (Å²) in [5.74, 6) is 0. The molecule has 0 rings (SSSR count). The first-order valence-electron chi connectivity index (χ1n) is 1.33. The van der Waals surface area contributed by atoms with Crippen LogP contribution in [0.25, 0.3) is 0 Å². The van der Waals surface area contributed by atoms with Crippen LogP contribution < -0.4 is 5.73 Å². The summed E-state index contributed by atoms with van der Waals surface area (Å²) >= 11 is 9.56. The average Bonchev–Trinajstić information content (AvgIpc) is 1.35. The Morgan fingerprint density at radius 3 is 1.50 bits per heavy atom. The van der Waals surface area contributed by atoms with Crippen molar-refractivity contribution in [3.05, 3.63) is 0 Å². The number of halogens is 3. The second-order valence-electron chi connectivity index (χ2n) is 0.819. The minimum Gasteiger partial charge on any atom is -0.328 e. The molecule has 0 aliphatic heterocycles. The van der Waals surface area contributed by atoms with E-state index in [1.165, 1.54) is 0 Å². The molecule has 0 spiro atoms. The zero-order chi connectivity index (χ0) is 5.21. The van der Waals surface area contributed by atoms with Gasteiger partial charge in [0, 0.05) is 6.54 Å². The normalized spacial score (nSPS) is 12.0. The van der Waals surface area contributed by atoms with Crippen molar-refractivity contribution in [2.24, 2.45) is 5.73 Å². The Hall–Kier alpha value is 1.40. The Balaban J connectivity index is 3.17. The molecule has 0 aromatic rings. The van der Waals surface area contributed by atoms with E-state index in [9.17, 15) is 0 Å². The maximum atomic E-state index is 5.16. The molecule has 0 unspecified atom stereocenters. The largest absolute Gasteiger partial charge is 0.328 e. The fourth-order valence-electron chi connectivity index (χ4n) is 0. The Labute approximate surface area is 62.0 Å². The van der Waals surface area contributed by atoms with E-state index in [1.54, 1.807) is 0 Å². The number of alkyl halides is 3. The van der Waals surface area contributed by atoms with Crippen LogP contribution >= 0.6 is 47.8 Å².